The number of rotatable bonds is 7. The van der Waals surface area contributed by atoms with Gasteiger partial charge in [-0.15, -0.1) is 5.53 Å². The maximum atomic E-state index is 12.5. The highest BCUT2D eigenvalue weighted by Gasteiger charge is 2.44. The molecule has 5 rings (SSSR count). The molecule has 1 aromatic heterocycles. The number of nitrogens with one attached hydrogen (secondary N) is 2. The number of benzene rings is 1. The van der Waals surface area contributed by atoms with E-state index in [4.69, 9.17) is 5.73 Å². The fourth-order valence-electron chi connectivity index (χ4n) is 5.46. The molecule has 1 aromatic carbocycles. The van der Waals surface area contributed by atoms with E-state index < -0.39 is 6.03 Å². The van der Waals surface area contributed by atoms with Crippen LogP contribution in [0.25, 0.3) is 0 Å². The number of allylic oxidation sites excluding steroid dienone is 1. The summed E-state index contributed by atoms with van der Waals surface area (Å²) in [5, 5.41) is 1.76. The summed E-state index contributed by atoms with van der Waals surface area (Å²) in [7, 11) is 4.33. The van der Waals surface area contributed by atoms with Crippen molar-refractivity contribution in [2.45, 2.75) is 51.0 Å². The zero-order chi connectivity index (χ0) is 24.6. The molecule has 0 atom stereocenters. The second-order valence-corrected chi connectivity index (χ2v) is 10.7. The van der Waals surface area contributed by atoms with Gasteiger partial charge in [0.15, 0.2) is 0 Å². The molecule has 0 bridgehead atoms. The van der Waals surface area contributed by atoms with Crippen LogP contribution in [0.4, 0.5) is 16.4 Å². The molecule has 2 heterocycles. The molecule has 186 valence electrons. The molecule has 0 radical (unpaired) electrons. The Labute approximate surface area is 207 Å². The van der Waals surface area contributed by atoms with E-state index in [-0.39, 0.29) is 11.0 Å². The molecule has 0 spiro atoms. The first kappa shape index (κ1) is 23.6. The standard InChI is InChI=1S/C26H36N8O/c1-25(11-13-26(14-12-25,32(2)3)20-7-5-4-6-8-20)18-33(23(27)35)21-15-28-24(29-16-21)34-17-22(30-31-34)19-9-10-19/h4-8,15-17,19,30-31H,9-14,18H2,1-3H3,(H2,27,35). The highest BCUT2D eigenvalue weighted by Crippen LogP contribution is 2.48. The van der Waals surface area contributed by atoms with Crippen LogP contribution in [-0.4, -0.2) is 41.5 Å². The van der Waals surface area contributed by atoms with E-state index in [1.807, 2.05) is 6.20 Å². The minimum absolute atomic E-state index is 0.00663. The Hall–Kier alpha value is -3.17. The molecule has 4 N–H and O–H groups in total. The quantitative estimate of drug-likeness (QED) is 0.562. The van der Waals surface area contributed by atoms with Gasteiger partial charge >= 0.3 is 6.03 Å². The fraction of sp³-hybridized carbons (Fsp3) is 0.500. The van der Waals surface area contributed by atoms with Crippen molar-refractivity contribution in [3.63, 3.8) is 0 Å². The number of carbonyl (C=O) groups is 1. The molecule has 3 aliphatic rings. The van der Waals surface area contributed by atoms with Gasteiger partial charge < -0.3 is 11.2 Å². The molecule has 2 amide bonds. The van der Waals surface area contributed by atoms with Crippen LogP contribution in [0.3, 0.4) is 0 Å². The first-order valence-corrected chi connectivity index (χ1v) is 12.4. The van der Waals surface area contributed by atoms with Gasteiger partial charge in [0.05, 0.1) is 18.1 Å². The van der Waals surface area contributed by atoms with Crippen LogP contribution in [0.15, 0.2) is 54.6 Å². The second-order valence-electron chi connectivity index (χ2n) is 10.7. The summed E-state index contributed by atoms with van der Waals surface area (Å²) in [5.41, 5.74) is 15.2. The fourth-order valence-corrected chi connectivity index (χ4v) is 5.46. The summed E-state index contributed by atoms with van der Waals surface area (Å²) in [5.74, 6) is 1.12. The van der Waals surface area contributed by atoms with Crippen molar-refractivity contribution in [2.75, 3.05) is 30.5 Å². The Morgan fingerprint density at radius 2 is 1.77 bits per heavy atom. The van der Waals surface area contributed by atoms with Gasteiger partial charge in [-0.1, -0.05) is 37.3 Å². The van der Waals surface area contributed by atoms with Crippen molar-refractivity contribution in [1.82, 2.24) is 25.8 Å². The third kappa shape index (κ3) is 4.70. The summed E-state index contributed by atoms with van der Waals surface area (Å²) in [6.45, 7) is 2.80. The summed E-state index contributed by atoms with van der Waals surface area (Å²) >= 11 is 0. The lowest BCUT2D eigenvalue weighted by Gasteiger charge is -2.50. The first-order chi connectivity index (χ1) is 16.8. The van der Waals surface area contributed by atoms with Crippen LogP contribution in [0, 0.1) is 11.3 Å². The molecule has 9 heteroatoms. The molecule has 2 aromatic rings. The number of amides is 2. The SMILES string of the molecule is CN(C)C1(c2ccccc2)CCC(C)(CN(C(N)=O)c2cnc(N3C=C(C4CC4)NN3)nc2)CC1. The minimum atomic E-state index is -0.480. The van der Waals surface area contributed by atoms with Gasteiger partial charge in [0, 0.05) is 29.9 Å². The maximum Gasteiger partial charge on any atom is 0.319 e. The van der Waals surface area contributed by atoms with E-state index in [1.54, 1.807) is 22.3 Å². The van der Waals surface area contributed by atoms with Crippen molar-refractivity contribution < 1.29 is 4.79 Å². The Kier molecular flexibility index (Phi) is 6.14. The smallest absolute Gasteiger partial charge is 0.319 e. The van der Waals surface area contributed by atoms with E-state index in [1.165, 1.54) is 18.4 Å². The molecule has 0 unspecified atom stereocenters. The Balaban J connectivity index is 1.28. The van der Waals surface area contributed by atoms with Crippen molar-refractivity contribution in [3.8, 4) is 0 Å². The minimum Gasteiger partial charge on any atom is -0.351 e. The summed E-state index contributed by atoms with van der Waals surface area (Å²) in [4.78, 5) is 25.4. The van der Waals surface area contributed by atoms with Crippen LogP contribution in [0.1, 0.15) is 51.0 Å². The number of hydrogen-bond acceptors (Lipinski definition) is 7. The molecule has 2 fully saturated rings. The van der Waals surface area contributed by atoms with E-state index in [0.29, 0.717) is 24.1 Å². The molecule has 1 aliphatic heterocycles. The van der Waals surface area contributed by atoms with E-state index in [2.05, 4.69) is 77.2 Å². The van der Waals surface area contributed by atoms with Gasteiger partial charge in [-0.2, -0.15) is 0 Å². The molecule has 35 heavy (non-hydrogen) atoms. The van der Waals surface area contributed by atoms with Crippen molar-refractivity contribution in [2.24, 2.45) is 17.1 Å². The summed E-state index contributed by atoms with van der Waals surface area (Å²) < 4.78 is 0. The number of primary amides is 1. The number of hydrogen-bond donors (Lipinski definition) is 3. The second kappa shape index (κ2) is 9.13. The van der Waals surface area contributed by atoms with Gasteiger partial charge in [-0.3, -0.25) is 9.80 Å². The predicted molar refractivity (Wildman–Crippen MR) is 137 cm³/mol. The van der Waals surface area contributed by atoms with E-state index in [9.17, 15) is 4.79 Å². The third-order valence-corrected chi connectivity index (χ3v) is 8.02. The highest BCUT2D eigenvalue weighted by molar-refractivity contribution is 5.90. The number of aromatic nitrogens is 2. The number of anilines is 2. The highest BCUT2D eigenvalue weighted by atomic mass is 16.2. The molecular formula is C26H36N8O. The summed E-state index contributed by atoms with van der Waals surface area (Å²) in [6.07, 6.45) is 11.8. The number of nitrogens with zero attached hydrogens (tertiary/aromatic N) is 5. The van der Waals surface area contributed by atoms with Crippen molar-refractivity contribution in [1.29, 1.82) is 0 Å². The van der Waals surface area contributed by atoms with Gasteiger partial charge in [-0.05, 0) is 63.6 Å². The molecule has 0 saturated heterocycles. The van der Waals surface area contributed by atoms with Crippen molar-refractivity contribution >= 4 is 17.7 Å². The monoisotopic (exact) mass is 476 g/mol. The van der Waals surface area contributed by atoms with Crippen LogP contribution >= 0.6 is 0 Å². The Morgan fingerprint density at radius 1 is 1.11 bits per heavy atom. The van der Waals surface area contributed by atoms with Gasteiger partial charge in [0.2, 0.25) is 5.95 Å². The van der Waals surface area contributed by atoms with E-state index >= 15 is 0 Å². The lowest BCUT2D eigenvalue weighted by molar-refractivity contribution is 0.0459. The summed E-state index contributed by atoms with van der Waals surface area (Å²) in [6, 6.07) is 10.3. The average Bonchev–Trinajstić information content (AvgIpc) is 3.60. The van der Waals surface area contributed by atoms with Crippen LogP contribution in [0.5, 0.6) is 0 Å². The molecule has 2 aliphatic carbocycles. The van der Waals surface area contributed by atoms with Crippen LogP contribution in [-0.2, 0) is 5.54 Å². The van der Waals surface area contributed by atoms with E-state index in [0.717, 1.165) is 31.4 Å². The van der Waals surface area contributed by atoms with Gasteiger partial charge in [-0.25, -0.2) is 19.8 Å². The zero-order valence-corrected chi connectivity index (χ0v) is 20.9. The predicted octanol–water partition coefficient (Wildman–Crippen LogP) is 3.48. The van der Waals surface area contributed by atoms with Crippen LogP contribution < -0.4 is 26.6 Å². The molecule has 9 nitrogen and oxygen atoms in total. The third-order valence-electron chi connectivity index (χ3n) is 8.02. The topological polar surface area (TPSA) is 103 Å². The largest absolute Gasteiger partial charge is 0.351 e. The number of carbonyl (C=O) groups excluding carboxylic acids is 1. The molecular weight excluding hydrogens is 440 g/mol. The van der Waals surface area contributed by atoms with Gasteiger partial charge in [0.25, 0.3) is 0 Å². The van der Waals surface area contributed by atoms with Gasteiger partial charge in [0.1, 0.15) is 0 Å². The lowest BCUT2D eigenvalue weighted by atomic mass is 9.65. The molecule has 2 saturated carbocycles. The number of nitrogens with two attached hydrogens (primary N) is 1. The van der Waals surface area contributed by atoms with Crippen LogP contribution in [0.2, 0.25) is 0 Å². The maximum absolute atomic E-state index is 12.5. The average molecular weight is 477 g/mol. The number of hydrazine groups is 2. The Morgan fingerprint density at radius 3 is 2.34 bits per heavy atom. The lowest BCUT2D eigenvalue weighted by Crippen LogP contribution is -2.50. The van der Waals surface area contributed by atoms with Crippen molar-refractivity contribution in [3.05, 3.63) is 60.2 Å². The normalized spacial score (nSPS) is 26.4. The first-order valence-electron chi connectivity index (χ1n) is 12.4. The number of urea groups is 1. The Bertz CT molecular complexity index is 1070. The zero-order valence-electron chi connectivity index (χ0n) is 20.9.